The van der Waals surface area contributed by atoms with Crippen molar-refractivity contribution in [3.8, 4) is 12.3 Å². The van der Waals surface area contributed by atoms with Crippen molar-refractivity contribution < 1.29 is 18.3 Å². The van der Waals surface area contributed by atoms with Crippen molar-refractivity contribution in [2.24, 2.45) is 0 Å². The molecule has 0 saturated heterocycles. The zero-order valence-electron chi connectivity index (χ0n) is 10.1. The Morgan fingerprint density at radius 1 is 1.44 bits per heavy atom. The Bertz CT molecular complexity index is 543. The SMILES string of the molecule is C#CC(C)(OC(=O)C(=C)C)c1ccc(F)c(F)c1. The predicted octanol–water partition coefficient (Wildman–Crippen LogP) is 2.93. The number of terminal acetylenes is 1. The molecule has 0 radical (unpaired) electrons. The van der Waals surface area contributed by atoms with Gasteiger partial charge in [0.15, 0.2) is 17.2 Å². The normalized spacial score (nSPS) is 13.3. The van der Waals surface area contributed by atoms with Crippen LogP contribution in [0.4, 0.5) is 8.78 Å². The molecule has 1 rings (SSSR count). The average molecular weight is 250 g/mol. The zero-order chi connectivity index (χ0) is 13.9. The van der Waals surface area contributed by atoms with Crippen LogP contribution in [0.5, 0.6) is 0 Å². The number of benzene rings is 1. The minimum absolute atomic E-state index is 0.166. The summed E-state index contributed by atoms with van der Waals surface area (Å²) in [5.41, 5.74) is -1.12. The van der Waals surface area contributed by atoms with E-state index in [1.807, 2.05) is 0 Å². The van der Waals surface area contributed by atoms with Gasteiger partial charge in [-0.25, -0.2) is 13.6 Å². The van der Waals surface area contributed by atoms with Gasteiger partial charge in [-0.15, -0.1) is 6.42 Å². The molecule has 1 aromatic carbocycles. The molecule has 18 heavy (non-hydrogen) atoms. The summed E-state index contributed by atoms with van der Waals surface area (Å²) in [7, 11) is 0. The lowest BCUT2D eigenvalue weighted by Crippen LogP contribution is -2.28. The molecule has 0 N–H and O–H groups in total. The highest BCUT2D eigenvalue weighted by Crippen LogP contribution is 2.26. The van der Waals surface area contributed by atoms with Crippen molar-refractivity contribution >= 4 is 5.97 Å². The molecule has 0 amide bonds. The first kappa shape index (κ1) is 13.9. The van der Waals surface area contributed by atoms with E-state index in [9.17, 15) is 13.6 Å². The highest BCUT2D eigenvalue weighted by atomic mass is 19.2. The fourth-order valence-electron chi connectivity index (χ4n) is 1.24. The van der Waals surface area contributed by atoms with Gasteiger partial charge in [-0.05, 0) is 26.0 Å². The van der Waals surface area contributed by atoms with Gasteiger partial charge in [0.1, 0.15) is 0 Å². The van der Waals surface area contributed by atoms with Gasteiger partial charge in [-0.3, -0.25) is 0 Å². The van der Waals surface area contributed by atoms with Crippen LogP contribution in [0.15, 0.2) is 30.4 Å². The fraction of sp³-hybridized carbons (Fsp3) is 0.214. The van der Waals surface area contributed by atoms with E-state index in [4.69, 9.17) is 11.2 Å². The molecule has 0 aliphatic rings. The molecule has 0 aliphatic carbocycles. The van der Waals surface area contributed by atoms with E-state index in [1.54, 1.807) is 0 Å². The van der Waals surface area contributed by atoms with E-state index in [-0.39, 0.29) is 11.1 Å². The molecule has 4 heteroatoms. The number of carbonyl (C=O) groups excluding carboxylic acids is 1. The second-order valence-electron chi connectivity index (χ2n) is 3.98. The third kappa shape index (κ3) is 2.75. The zero-order valence-corrected chi connectivity index (χ0v) is 10.1. The van der Waals surface area contributed by atoms with Crippen LogP contribution < -0.4 is 0 Å². The summed E-state index contributed by atoms with van der Waals surface area (Å²) in [6, 6.07) is 3.10. The second-order valence-corrected chi connectivity index (χ2v) is 3.98. The molecule has 0 bridgehead atoms. The van der Waals surface area contributed by atoms with Gasteiger partial charge >= 0.3 is 5.97 Å². The molecule has 0 aromatic heterocycles. The van der Waals surface area contributed by atoms with Gasteiger partial charge in [0.05, 0.1) is 0 Å². The molecule has 0 saturated carbocycles. The van der Waals surface area contributed by atoms with E-state index in [0.29, 0.717) is 0 Å². The van der Waals surface area contributed by atoms with Crippen molar-refractivity contribution in [1.29, 1.82) is 0 Å². The predicted molar refractivity (Wildman–Crippen MR) is 63.4 cm³/mol. The summed E-state index contributed by atoms with van der Waals surface area (Å²) in [6.07, 6.45) is 5.30. The summed E-state index contributed by atoms with van der Waals surface area (Å²) in [5.74, 6) is -0.492. The number of halogens is 2. The molecule has 1 aromatic rings. The molecule has 0 fully saturated rings. The molecule has 0 heterocycles. The molecule has 0 aliphatic heterocycles. The van der Waals surface area contributed by atoms with Crippen molar-refractivity contribution in [1.82, 2.24) is 0 Å². The maximum atomic E-state index is 13.1. The van der Waals surface area contributed by atoms with Crippen LogP contribution in [0.1, 0.15) is 19.4 Å². The summed E-state index contributed by atoms with van der Waals surface area (Å²) >= 11 is 0. The van der Waals surface area contributed by atoms with Gasteiger partial charge < -0.3 is 4.74 Å². The highest BCUT2D eigenvalue weighted by Gasteiger charge is 2.29. The van der Waals surface area contributed by atoms with Crippen LogP contribution in [0.2, 0.25) is 0 Å². The maximum absolute atomic E-state index is 13.1. The summed E-state index contributed by atoms with van der Waals surface area (Å²) < 4.78 is 31.0. The van der Waals surface area contributed by atoms with Gasteiger partial charge in [-0.1, -0.05) is 18.6 Å². The highest BCUT2D eigenvalue weighted by molar-refractivity contribution is 5.87. The van der Waals surface area contributed by atoms with Crippen molar-refractivity contribution in [3.05, 3.63) is 47.5 Å². The van der Waals surface area contributed by atoms with Crippen molar-refractivity contribution in [2.45, 2.75) is 19.4 Å². The monoisotopic (exact) mass is 250 g/mol. The van der Waals surface area contributed by atoms with Crippen LogP contribution in [0.25, 0.3) is 0 Å². The Morgan fingerprint density at radius 2 is 2.06 bits per heavy atom. The number of hydrogen-bond donors (Lipinski definition) is 0. The quantitative estimate of drug-likeness (QED) is 0.468. The number of hydrogen-bond acceptors (Lipinski definition) is 2. The van der Waals surface area contributed by atoms with Crippen LogP contribution in [-0.4, -0.2) is 5.97 Å². The van der Waals surface area contributed by atoms with Crippen LogP contribution in [-0.2, 0) is 15.1 Å². The van der Waals surface area contributed by atoms with Gasteiger partial charge in [0.2, 0.25) is 0 Å². The van der Waals surface area contributed by atoms with E-state index < -0.39 is 23.2 Å². The molecule has 1 atom stereocenters. The first-order valence-electron chi connectivity index (χ1n) is 5.12. The standard InChI is InChI=1S/C14H12F2O2/c1-5-14(4,18-13(17)9(2)3)10-6-7-11(15)12(16)8-10/h1,6-8H,2H2,3-4H3. The molecule has 1 unspecified atom stereocenters. The van der Waals surface area contributed by atoms with E-state index in [1.165, 1.54) is 19.9 Å². The van der Waals surface area contributed by atoms with Crippen molar-refractivity contribution in [3.63, 3.8) is 0 Å². The summed E-state index contributed by atoms with van der Waals surface area (Å²) in [6.45, 7) is 6.30. The third-order valence-corrected chi connectivity index (χ3v) is 2.39. The first-order valence-corrected chi connectivity index (χ1v) is 5.12. The molecular weight excluding hydrogens is 238 g/mol. The maximum Gasteiger partial charge on any atom is 0.334 e. The number of carbonyl (C=O) groups is 1. The fourth-order valence-corrected chi connectivity index (χ4v) is 1.24. The third-order valence-electron chi connectivity index (χ3n) is 2.39. The Balaban J connectivity index is 3.15. The summed E-state index contributed by atoms with van der Waals surface area (Å²) in [5, 5.41) is 0. The number of rotatable bonds is 3. The molecule has 2 nitrogen and oxygen atoms in total. The van der Waals surface area contributed by atoms with Crippen molar-refractivity contribution in [2.75, 3.05) is 0 Å². The van der Waals surface area contributed by atoms with Crippen LogP contribution in [0.3, 0.4) is 0 Å². The number of ether oxygens (including phenoxy) is 1. The van der Waals surface area contributed by atoms with E-state index in [2.05, 4.69) is 12.5 Å². The number of esters is 1. The van der Waals surface area contributed by atoms with Crippen LogP contribution >= 0.6 is 0 Å². The Hall–Kier alpha value is -2.15. The summed E-state index contributed by atoms with van der Waals surface area (Å²) in [4.78, 5) is 11.5. The van der Waals surface area contributed by atoms with Gasteiger partial charge in [-0.2, -0.15) is 0 Å². The van der Waals surface area contributed by atoms with Gasteiger partial charge in [0, 0.05) is 11.1 Å². The first-order chi connectivity index (χ1) is 8.30. The largest absolute Gasteiger partial charge is 0.438 e. The van der Waals surface area contributed by atoms with E-state index >= 15 is 0 Å². The lowest BCUT2D eigenvalue weighted by Gasteiger charge is -2.24. The Labute approximate surface area is 104 Å². The lowest BCUT2D eigenvalue weighted by molar-refractivity contribution is -0.148. The molecule has 0 spiro atoms. The topological polar surface area (TPSA) is 26.3 Å². The minimum atomic E-state index is -1.47. The second kappa shape index (κ2) is 5.01. The minimum Gasteiger partial charge on any atom is -0.438 e. The smallest absolute Gasteiger partial charge is 0.334 e. The van der Waals surface area contributed by atoms with E-state index in [0.717, 1.165) is 12.1 Å². The van der Waals surface area contributed by atoms with Crippen LogP contribution in [0, 0.1) is 24.0 Å². The Kier molecular flexibility index (Phi) is 3.87. The Morgan fingerprint density at radius 3 is 2.50 bits per heavy atom. The molecular formula is C14H12F2O2. The molecule has 94 valence electrons. The average Bonchev–Trinajstić information content (AvgIpc) is 2.32. The van der Waals surface area contributed by atoms with Gasteiger partial charge in [0.25, 0.3) is 0 Å². The lowest BCUT2D eigenvalue weighted by atomic mass is 9.96.